The largest absolute Gasteiger partial charge is 0.494 e. The van der Waals surface area contributed by atoms with Crippen molar-refractivity contribution in [3.63, 3.8) is 0 Å². The van der Waals surface area contributed by atoms with Gasteiger partial charge in [0, 0.05) is 12.2 Å². The molecule has 0 spiro atoms. The molecule has 4 nitrogen and oxygen atoms in total. The first-order chi connectivity index (χ1) is 17.6. The van der Waals surface area contributed by atoms with E-state index >= 15 is 0 Å². The van der Waals surface area contributed by atoms with Gasteiger partial charge in [0.25, 0.3) is 5.91 Å². The van der Waals surface area contributed by atoms with E-state index in [2.05, 4.69) is 60.8 Å². The smallest absolute Gasteiger partial charge is 0.258 e. The maximum atomic E-state index is 13.6. The number of anilines is 1. The van der Waals surface area contributed by atoms with Crippen LogP contribution in [0.5, 0.6) is 5.75 Å². The van der Waals surface area contributed by atoms with Gasteiger partial charge in [0.2, 0.25) is 0 Å². The summed E-state index contributed by atoms with van der Waals surface area (Å²) in [6.07, 6.45) is 2.75. The number of para-hydroxylation sites is 1. The van der Waals surface area contributed by atoms with Gasteiger partial charge < -0.3 is 15.0 Å². The molecule has 1 aliphatic rings. The van der Waals surface area contributed by atoms with E-state index in [0.29, 0.717) is 18.7 Å². The number of hydrogen-bond acceptors (Lipinski definition) is 3. The van der Waals surface area contributed by atoms with Gasteiger partial charge in [-0.1, -0.05) is 84.9 Å². The summed E-state index contributed by atoms with van der Waals surface area (Å²) in [7, 11) is 0. The summed E-state index contributed by atoms with van der Waals surface area (Å²) in [5, 5.41) is 3.66. The van der Waals surface area contributed by atoms with Crippen molar-refractivity contribution >= 4 is 11.6 Å². The third kappa shape index (κ3) is 5.13. The van der Waals surface area contributed by atoms with Crippen LogP contribution >= 0.6 is 0 Å². The van der Waals surface area contributed by atoms with E-state index in [1.54, 1.807) is 0 Å². The Balaban J connectivity index is 1.31. The molecule has 36 heavy (non-hydrogen) atoms. The zero-order chi connectivity index (χ0) is 24.8. The van der Waals surface area contributed by atoms with E-state index in [4.69, 9.17) is 4.74 Å². The molecule has 4 aromatic rings. The lowest BCUT2D eigenvalue weighted by Gasteiger charge is -2.47. The first kappa shape index (κ1) is 23.7. The highest BCUT2D eigenvalue weighted by molar-refractivity contribution is 6.02. The topological polar surface area (TPSA) is 41.6 Å². The molecular formula is C32H32N2O2. The van der Waals surface area contributed by atoms with Crippen LogP contribution in [0.2, 0.25) is 0 Å². The molecule has 0 bridgehead atoms. The zero-order valence-electron chi connectivity index (χ0n) is 20.7. The SMILES string of the molecule is CC1(c2ccc(OCCCc3ccccc3)cc2)Nc2ccccc2C(=O)N1CCc1ccccc1. The lowest BCUT2D eigenvalue weighted by molar-refractivity contribution is 0.0539. The molecule has 0 radical (unpaired) electrons. The standard InChI is InChI=1S/C32H32N2O2/c1-32(27-18-20-28(21-19-27)36-24-10-15-25-11-4-2-5-12-25)33-30-17-9-8-16-29(30)31(35)34(32)23-22-26-13-6-3-7-14-26/h2-9,11-14,16-21,33H,10,15,22-24H2,1H3. The number of nitrogens with zero attached hydrogens (tertiary/aromatic N) is 1. The molecule has 0 fully saturated rings. The van der Waals surface area contributed by atoms with Gasteiger partial charge in [-0.2, -0.15) is 0 Å². The number of hydrogen-bond donors (Lipinski definition) is 1. The van der Waals surface area contributed by atoms with Crippen LogP contribution in [-0.2, 0) is 18.5 Å². The Morgan fingerprint density at radius 2 is 1.36 bits per heavy atom. The van der Waals surface area contributed by atoms with Gasteiger partial charge in [-0.25, -0.2) is 0 Å². The number of benzene rings is 4. The number of rotatable bonds is 9. The van der Waals surface area contributed by atoms with Crippen LogP contribution in [0.3, 0.4) is 0 Å². The monoisotopic (exact) mass is 476 g/mol. The van der Waals surface area contributed by atoms with E-state index in [0.717, 1.165) is 36.3 Å². The lowest BCUT2D eigenvalue weighted by Crippen LogP contribution is -2.56. The highest BCUT2D eigenvalue weighted by Crippen LogP contribution is 2.38. The molecule has 1 amide bonds. The first-order valence-electron chi connectivity index (χ1n) is 12.6. The minimum absolute atomic E-state index is 0.0454. The Kier molecular flexibility index (Phi) is 7.03. The molecule has 0 aliphatic carbocycles. The molecule has 1 atom stereocenters. The molecule has 0 saturated carbocycles. The third-order valence-electron chi connectivity index (χ3n) is 6.93. The highest BCUT2D eigenvalue weighted by atomic mass is 16.5. The van der Waals surface area contributed by atoms with Crippen molar-refractivity contribution in [3.05, 3.63) is 131 Å². The van der Waals surface area contributed by atoms with Crippen LogP contribution in [0.4, 0.5) is 5.69 Å². The van der Waals surface area contributed by atoms with E-state index in [-0.39, 0.29) is 5.91 Å². The second kappa shape index (κ2) is 10.7. The summed E-state index contributed by atoms with van der Waals surface area (Å²) in [6.45, 7) is 3.36. The summed E-state index contributed by atoms with van der Waals surface area (Å²) in [4.78, 5) is 15.6. The predicted molar refractivity (Wildman–Crippen MR) is 145 cm³/mol. The molecule has 4 aromatic carbocycles. The average Bonchev–Trinajstić information content (AvgIpc) is 2.92. The fourth-order valence-corrected chi connectivity index (χ4v) is 4.88. The van der Waals surface area contributed by atoms with Gasteiger partial charge in [0.05, 0.1) is 12.2 Å². The number of nitrogens with one attached hydrogen (secondary N) is 1. The normalized spacial score (nSPS) is 16.8. The van der Waals surface area contributed by atoms with E-state index < -0.39 is 5.66 Å². The van der Waals surface area contributed by atoms with Crippen LogP contribution in [0, 0.1) is 0 Å². The number of fused-ring (bicyclic) bond motifs is 1. The van der Waals surface area contributed by atoms with Gasteiger partial charge in [0.1, 0.15) is 11.4 Å². The number of aryl methyl sites for hydroxylation is 1. The summed E-state index contributed by atoms with van der Waals surface area (Å²) >= 11 is 0. The summed E-state index contributed by atoms with van der Waals surface area (Å²) in [6, 6.07) is 36.7. The average molecular weight is 477 g/mol. The van der Waals surface area contributed by atoms with Crippen LogP contribution in [-0.4, -0.2) is 24.0 Å². The summed E-state index contributed by atoms with van der Waals surface area (Å²) in [5.41, 5.74) is 4.46. The summed E-state index contributed by atoms with van der Waals surface area (Å²) < 4.78 is 6.01. The number of ether oxygens (including phenoxy) is 1. The molecular weight excluding hydrogens is 444 g/mol. The Morgan fingerprint density at radius 3 is 2.06 bits per heavy atom. The van der Waals surface area contributed by atoms with E-state index in [9.17, 15) is 4.79 Å². The Bertz CT molecular complexity index is 1290. The second-order valence-electron chi connectivity index (χ2n) is 9.40. The Labute approximate surface area is 213 Å². The number of carbonyl (C=O) groups excluding carboxylic acids is 1. The minimum Gasteiger partial charge on any atom is -0.494 e. The molecule has 4 heteroatoms. The summed E-state index contributed by atoms with van der Waals surface area (Å²) in [5.74, 6) is 0.887. The van der Waals surface area contributed by atoms with E-state index in [1.165, 1.54) is 11.1 Å². The van der Waals surface area contributed by atoms with Crippen molar-refractivity contribution in [2.24, 2.45) is 0 Å². The van der Waals surface area contributed by atoms with Gasteiger partial charge in [-0.3, -0.25) is 4.79 Å². The van der Waals surface area contributed by atoms with E-state index in [1.807, 2.05) is 65.6 Å². The fourth-order valence-electron chi connectivity index (χ4n) is 4.88. The maximum absolute atomic E-state index is 13.6. The lowest BCUT2D eigenvalue weighted by atomic mass is 9.93. The molecule has 0 saturated heterocycles. The van der Waals surface area contributed by atoms with Crippen LogP contribution < -0.4 is 10.1 Å². The van der Waals surface area contributed by atoms with Crippen molar-refractivity contribution in [2.45, 2.75) is 31.8 Å². The van der Waals surface area contributed by atoms with Gasteiger partial charge in [-0.15, -0.1) is 0 Å². The van der Waals surface area contributed by atoms with Crippen molar-refractivity contribution in [3.8, 4) is 5.75 Å². The predicted octanol–water partition coefficient (Wildman–Crippen LogP) is 6.68. The highest BCUT2D eigenvalue weighted by Gasteiger charge is 2.42. The maximum Gasteiger partial charge on any atom is 0.258 e. The minimum atomic E-state index is -0.675. The quantitative estimate of drug-likeness (QED) is 0.274. The van der Waals surface area contributed by atoms with Crippen molar-refractivity contribution < 1.29 is 9.53 Å². The van der Waals surface area contributed by atoms with Crippen LogP contribution in [0.1, 0.15) is 40.4 Å². The van der Waals surface area contributed by atoms with Gasteiger partial charge in [-0.05, 0) is 67.1 Å². The van der Waals surface area contributed by atoms with Crippen LogP contribution in [0.15, 0.2) is 109 Å². The van der Waals surface area contributed by atoms with Crippen LogP contribution in [0.25, 0.3) is 0 Å². The Hall–Kier alpha value is -4.05. The van der Waals surface area contributed by atoms with Gasteiger partial charge >= 0.3 is 0 Å². The Morgan fingerprint density at radius 1 is 0.750 bits per heavy atom. The third-order valence-corrected chi connectivity index (χ3v) is 6.93. The molecule has 1 aliphatic heterocycles. The zero-order valence-corrected chi connectivity index (χ0v) is 20.7. The molecule has 1 unspecified atom stereocenters. The molecule has 1 heterocycles. The first-order valence-corrected chi connectivity index (χ1v) is 12.6. The fraction of sp³-hybridized carbons (Fsp3) is 0.219. The second-order valence-corrected chi connectivity index (χ2v) is 9.40. The molecule has 1 N–H and O–H groups in total. The van der Waals surface area contributed by atoms with Crippen molar-refractivity contribution in [1.29, 1.82) is 0 Å². The number of carbonyl (C=O) groups is 1. The number of amides is 1. The van der Waals surface area contributed by atoms with Crippen molar-refractivity contribution in [2.75, 3.05) is 18.5 Å². The molecule has 182 valence electrons. The van der Waals surface area contributed by atoms with Gasteiger partial charge in [0.15, 0.2) is 0 Å². The molecule has 5 rings (SSSR count). The van der Waals surface area contributed by atoms with Crippen molar-refractivity contribution in [1.82, 2.24) is 4.90 Å². The molecule has 0 aromatic heterocycles.